The Balaban J connectivity index is 2.60. The van der Waals surface area contributed by atoms with Gasteiger partial charge in [-0.2, -0.15) is 0 Å². The lowest BCUT2D eigenvalue weighted by atomic mass is 10.0. The molecule has 1 aromatic rings. The van der Waals surface area contributed by atoms with Crippen LogP contribution in [0.1, 0.15) is 37.0 Å². The molecule has 0 saturated heterocycles. The molecule has 3 nitrogen and oxygen atoms in total. The number of hydrogen-bond donors (Lipinski definition) is 1. The van der Waals surface area contributed by atoms with E-state index in [2.05, 4.69) is 5.32 Å². The second-order valence-electron chi connectivity index (χ2n) is 4.28. The molecule has 0 spiro atoms. The molecule has 104 valence electrons. The molecular weight excluding hydrogens is 252 g/mol. The Morgan fingerprint density at radius 2 is 1.79 bits per heavy atom. The molecule has 0 radical (unpaired) electrons. The van der Waals surface area contributed by atoms with Crippen LogP contribution in [-0.2, 0) is 4.79 Å². The minimum Gasteiger partial charge on any atom is -0.348 e. The van der Waals surface area contributed by atoms with Gasteiger partial charge >= 0.3 is 0 Å². The number of benzene rings is 1. The zero-order valence-electron chi connectivity index (χ0n) is 11.0. The van der Waals surface area contributed by atoms with Crippen LogP contribution < -0.4 is 5.32 Å². The summed E-state index contributed by atoms with van der Waals surface area (Å²) in [5.41, 5.74) is 0.0451. The molecule has 0 aliphatic rings. The first-order chi connectivity index (χ1) is 8.99. The maximum Gasteiger partial charge on any atom is 0.223 e. The van der Waals surface area contributed by atoms with Crippen LogP contribution in [-0.4, -0.2) is 18.2 Å². The number of ketones is 1. The van der Waals surface area contributed by atoms with E-state index in [1.54, 1.807) is 0 Å². The summed E-state index contributed by atoms with van der Waals surface area (Å²) in [6, 6.07) is 2.93. The van der Waals surface area contributed by atoms with Crippen molar-refractivity contribution in [1.82, 2.24) is 5.32 Å². The molecule has 1 rings (SSSR count). The normalized spacial score (nSPS) is 10.6. The molecule has 5 heteroatoms. The van der Waals surface area contributed by atoms with Crippen molar-refractivity contribution in [1.29, 1.82) is 0 Å². The van der Waals surface area contributed by atoms with Gasteiger partial charge in [0.15, 0.2) is 17.4 Å². The maximum absolute atomic E-state index is 13.0. The maximum atomic E-state index is 13.0. The molecule has 0 heterocycles. The highest BCUT2D eigenvalue weighted by molar-refractivity contribution is 5.99. The highest BCUT2D eigenvalue weighted by atomic mass is 19.2. The molecule has 1 N–H and O–H groups in total. The predicted molar refractivity (Wildman–Crippen MR) is 67.8 cm³/mol. The largest absolute Gasteiger partial charge is 0.348 e. The third kappa shape index (κ3) is 4.12. The van der Waals surface area contributed by atoms with Crippen LogP contribution in [0.5, 0.6) is 0 Å². The number of Topliss-reactive ketones (excluding diaryl/α,β-unsaturated/α-hetero) is 1. The van der Waals surface area contributed by atoms with Crippen LogP contribution in [0.15, 0.2) is 18.2 Å². The van der Waals surface area contributed by atoms with Gasteiger partial charge in [-0.1, -0.05) is 13.8 Å². The number of amides is 1. The third-order valence-electron chi connectivity index (χ3n) is 3.02. The lowest BCUT2D eigenvalue weighted by Gasteiger charge is -2.12. The average Bonchev–Trinajstić information content (AvgIpc) is 2.40. The summed E-state index contributed by atoms with van der Waals surface area (Å²) < 4.78 is 25.7. The predicted octanol–water partition coefficient (Wildman–Crippen LogP) is 2.70. The lowest BCUT2D eigenvalue weighted by Crippen LogP contribution is -2.34. The van der Waals surface area contributed by atoms with Gasteiger partial charge in [-0.05, 0) is 31.0 Å². The summed E-state index contributed by atoms with van der Waals surface area (Å²) in [6.45, 7) is 3.58. The molecule has 0 fully saturated rings. The van der Waals surface area contributed by atoms with E-state index < -0.39 is 17.4 Å². The van der Waals surface area contributed by atoms with Crippen molar-refractivity contribution in [2.75, 3.05) is 6.54 Å². The third-order valence-corrected chi connectivity index (χ3v) is 3.02. The van der Waals surface area contributed by atoms with Gasteiger partial charge in [-0.3, -0.25) is 9.59 Å². The van der Waals surface area contributed by atoms with Gasteiger partial charge in [0.05, 0.1) is 6.54 Å². The Morgan fingerprint density at radius 1 is 1.16 bits per heavy atom. The fraction of sp³-hybridized carbons (Fsp3) is 0.429. The zero-order valence-corrected chi connectivity index (χ0v) is 11.0. The zero-order chi connectivity index (χ0) is 14.4. The van der Waals surface area contributed by atoms with Gasteiger partial charge in [-0.15, -0.1) is 0 Å². The first-order valence-electron chi connectivity index (χ1n) is 6.25. The molecule has 0 aromatic heterocycles. The fourth-order valence-electron chi connectivity index (χ4n) is 1.74. The highest BCUT2D eigenvalue weighted by Gasteiger charge is 2.16. The summed E-state index contributed by atoms with van der Waals surface area (Å²) in [7, 11) is 0. The van der Waals surface area contributed by atoms with E-state index in [0.29, 0.717) is 12.8 Å². The topological polar surface area (TPSA) is 46.2 Å². The van der Waals surface area contributed by atoms with E-state index in [4.69, 9.17) is 0 Å². The first kappa shape index (κ1) is 15.3. The quantitative estimate of drug-likeness (QED) is 0.807. The minimum absolute atomic E-state index is 0.0451. The van der Waals surface area contributed by atoms with Gasteiger partial charge in [0.1, 0.15) is 0 Å². The monoisotopic (exact) mass is 269 g/mol. The standard InChI is InChI=1S/C14H17F2NO2/c1-3-9(4-2)14(19)17-8-13(18)10-5-6-11(15)12(16)7-10/h5-7,9H,3-4,8H2,1-2H3,(H,17,19). The Bertz CT molecular complexity index is 471. The summed E-state index contributed by atoms with van der Waals surface area (Å²) in [6.07, 6.45) is 1.39. The minimum atomic E-state index is -1.07. The molecule has 0 unspecified atom stereocenters. The molecular formula is C14H17F2NO2. The average molecular weight is 269 g/mol. The molecule has 0 saturated carbocycles. The van der Waals surface area contributed by atoms with Gasteiger partial charge in [0.25, 0.3) is 0 Å². The molecule has 0 aliphatic heterocycles. The molecule has 1 amide bonds. The fourth-order valence-corrected chi connectivity index (χ4v) is 1.74. The van der Waals surface area contributed by atoms with Crippen molar-refractivity contribution >= 4 is 11.7 Å². The van der Waals surface area contributed by atoms with Crippen molar-refractivity contribution in [3.05, 3.63) is 35.4 Å². The lowest BCUT2D eigenvalue weighted by molar-refractivity contribution is -0.125. The Labute approximate surface area is 111 Å². The van der Waals surface area contributed by atoms with E-state index in [9.17, 15) is 18.4 Å². The number of carbonyl (C=O) groups is 2. The molecule has 0 atom stereocenters. The van der Waals surface area contributed by atoms with E-state index in [1.807, 2.05) is 13.8 Å². The second kappa shape index (κ2) is 6.97. The first-order valence-corrected chi connectivity index (χ1v) is 6.25. The van der Waals surface area contributed by atoms with Crippen LogP contribution in [0, 0.1) is 17.6 Å². The van der Waals surface area contributed by atoms with Crippen LogP contribution in [0.25, 0.3) is 0 Å². The van der Waals surface area contributed by atoms with E-state index in [0.717, 1.165) is 12.1 Å². The van der Waals surface area contributed by atoms with Crippen molar-refractivity contribution < 1.29 is 18.4 Å². The summed E-state index contributed by atoms with van der Waals surface area (Å²) in [5, 5.41) is 2.51. The summed E-state index contributed by atoms with van der Waals surface area (Å²) in [5.74, 6) is -2.84. The van der Waals surface area contributed by atoms with Crippen LogP contribution in [0.4, 0.5) is 8.78 Å². The van der Waals surface area contributed by atoms with Crippen molar-refractivity contribution in [3.8, 4) is 0 Å². The SMILES string of the molecule is CCC(CC)C(=O)NCC(=O)c1ccc(F)c(F)c1. The van der Waals surface area contributed by atoms with Crippen LogP contribution >= 0.6 is 0 Å². The summed E-state index contributed by atoms with van der Waals surface area (Å²) in [4.78, 5) is 23.4. The van der Waals surface area contributed by atoms with Crippen molar-refractivity contribution in [2.24, 2.45) is 5.92 Å². The smallest absolute Gasteiger partial charge is 0.223 e. The number of rotatable bonds is 6. The Hall–Kier alpha value is -1.78. The van der Waals surface area contributed by atoms with E-state index in [1.165, 1.54) is 6.07 Å². The van der Waals surface area contributed by atoms with Crippen molar-refractivity contribution in [3.63, 3.8) is 0 Å². The number of nitrogens with one attached hydrogen (secondary N) is 1. The number of hydrogen-bond acceptors (Lipinski definition) is 2. The van der Waals surface area contributed by atoms with Crippen LogP contribution in [0.2, 0.25) is 0 Å². The van der Waals surface area contributed by atoms with Crippen LogP contribution in [0.3, 0.4) is 0 Å². The second-order valence-corrected chi connectivity index (χ2v) is 4.28. The van der Waals surface area contributed by atoms with Crippen molar-refractivity contribution in [2.45, 2.75) is 26.7 Å². The van der Waals surface area contributed by atoms with E-state index >= 15 is 0 Å². The van der Waals surface area contributed by atoms with Gasteiger partial charge in [0.2, 0.25) is 5.91 Å². The Morgan fingerprint density at radius 3 is 2.32 bits per heavy atom. The Kier molecular flexibility index (Phi) is 5.60. The summed E-state index contributed by atoms with van der Waals surface area (Å²) >= 11 is 0. The van der Waals surface area contributed by atoms with Gasteiger partial charge in [-0.25, -0.2) is 8.78 Å². The number of carbonyl (C=O) groups excluding carboxylic acids is 2. The molecule has 0 aliphatic carbocycles. The highest BCUT2D eigenvalue weighted by Crippen LogP contribution is 2.10. The molecule has 1 aromatic carbocycles. The van der Waals surface area contributed by atoms with Gasteiger partial charge < -0.3 is 5.32 Å². The number of halogens is 2. The van der Waals surface area contributed by atoms with E-state index in [-0.39, 0.29) is 23.9 Å². The molecule has 19 heavy (non-hydrogen) atoms. The molecule has 0 bridgehead atoms. The van der Waals surface area contributed by atoms with Gasteiger partial charge in [0, 0.05) is 11.5 Å².